The molecule has 3 rings (SSSR count). The van der Waals surface area contributed by atoms with Gasteiger partial charge in [0.2, 0.25) is 0 Å². The molecule has 0 atom stereocenters. The number of amides is 1. The van der Waals surface area contributed by atoms with Gasteiger partial charge in [0.25, 0.3) is 5.91 Å². The van der Waals surface area contributed by atoms with Crippen LogP contribution in [0.2, 0.25) is 0 Å². The van der Waals surface area contributed by atoms with Crippen molar-refractivity contribution in [2.45, 2.75) is 6.92 Å². The molecule has 0 saturated carbocycles. The molecule has 0 aliphatic heterocycles. The summed E-state index contributed by atoms with van der Waals surface area (Å²) in [7, 11) is 0. The van der Waals surface area contributed by atoms with Crippen LogP contribution >= 0.6 is 0 Å². The first-order chi connectivity index (χ1) is 13.1. The molecule has 3 aromatic rings. The number of hydrogen-bond donors (Lipinski definition) is 2. The van der Waals surface area contributed by atoms with E-state index in [-0.39, 0.29) is 18.3 Å². The summed E-state index contributed by atoms with van der Waals surface area (Å²) in [6.07, 6.45) is 0. The number of phenols is 1. The van der Waals surface area contributed by atoms with E-state index in [1.165, 1.54) is 0 Å². The molecular weight excluding hydrogens is 340 g/mol. The highest BCUT2D eigenvalue weighted by molar-refractivity contribution is 6.01. The molecule has 0 heterocycles. The Kier molecular flexibility index (Phi) is 5.84. The minimum atomic E-state index is -0.382. The van der Waals surface area contributed by atoms with Gasteiger partial charge >= 0.3 is 0 Å². The third kappa shape index (κ3) is 4.73. The zero-order valence-electron chi connectivity index (χ0n) is 14.9. The van der Waals surface area contributed by atoms with E-state index >= 15 is 0 Å². The predicted octanol–water partition coefficient (Wildman–Crippen LogP) is 3.98. The SMILES string of the molecule is C/C(=N\NC(=O)COc1ccccc1-c1ccccc1)c1ccccc1O. The number of para-hydroxylation sites is 2. The van der Waals surface area contributed by atoms with Gasteiger partial charge in [-0.3, -0.25) is 4.79 Å². The predicted molar refractivity (Wildman–Crippen MR) is 106 cm³/mol. The van der Waals surface area contributed by atoms with Crippen molar-refractivity contribution in [3.05, 3.63) is 84.4 Å². The molecule has 0 aromatic heterocycles. The minimum absolute atomic E-state index is 0.112. The van der Waals surface area contributed by atoms with E-state index in [1.807, 2.05) is 54.6 Å². The summed E-state index contributed by atoms with van der Waals surface area (Å²) >= 11 is 0. The Bertz CT molecular complexity index is 953. The number of hydrazone groups is 1. The Balaban J connectivity index is 1.64. The van der Waals surface area contributed by atoms with Crippen LogP contribution < -0.4 is 10.2 Å². The largest absolute Gasteiger partial charge is 0.507 e. The fourth-order valence-electron chi connectivity index (χ4n) is 2.61. The molecule has 0 radical (unpaired) electrons. The van der Waals surface area contributed by atoms with Gasteiger partial charge in [-0.1, -0.05) is 60.7 Å². The molecule has 136 valence electrons. The van der Waals surface area contributed by atoms with Crippen molar-refractivity contribution in [3.8, 4) is 22.6 Å². The van der Waals surface area contributed by atoms with Crippen LogP contribution in [0.4, 0.5) is 0 Å². The number of ether oxygens (including phenoxy) is 1. The summed E-state index contributed by atoms with van der Waals surface area (Å²) in [5, 5.41) is 13.8. The van der Waals surface area contributed by atoms with E-state index < -0.39 is 0 Å². The third-order valence-corrected chi connectivity index (χ3v) is 3.97. The number of benzene rings is 3. The lowest BCUT2D eigenvalue weighted by molar-refractivity contribution is -0.123. The highest BCUT2D eigenvalue weighted by atomic mass is 16.5. The summed E-state index contributed by atoms with van der Waals surface area (Å²) in [4.78, 5) is 12.1. The molecule has 0 aliphatic carbocycles. The average molecular weight is 360 g/mol. The van der Waals surface area contributed by atoms with E-state index in [4.69, 9.17) is 4.74 Å². The smallest absolute Gasteiger partial charge is 0.277 e. The maximum atomic E-state index is 12.1. The number of nitrogens with one attached hydrogen (secondary N) is 1. The van der Waals surface area contributed by atoms with E-state index in [9.17, 15) is 9.90 Å². The Morgan fingerprint density at radius 3 is 2.41 bits per heavy atom. The van der Waals surface area contributed by atoms with Crippen molar-refractivity contribution >= 4 is 11.6 Å². The topological polar surface area (TPSA) is 70.9 Å². The normalized spacial score (nSPS) is 11.1. The van der Waals surface area contributed by atoms with Crippen LogP contribution in [0, 0.1) is 0 Å². The minimum Gasteiger partial charge on any atom is -0.507 e. The number of aromatic hydroxyl groups is 1. The highest BCUT2D eigenvalue weighted by Crippen LogP contribution is 2.29. The van der Waals surface area contributed by atoms with E-state index in [0.717, 1.165) is 11.1 Å². The van der Waals surface area contributed by atoms with Crippen molar-refractivity contribution in [2.75, 3.05) is 6.61 Å². The van der Waals surface area contributed by atoms with Crippen LogP contribution in [-0.4, -0.2) is 23.3 Å². The Morgan fingerprint density at radius 1 is 0.963 bits per heavy atom. The Labute approximate surface area is 157 Å². The molecule has 0 aliphatic rings. The quantitative estimate of drug-likeness (QED) is 0.516. The van der Waals surface area contributed by atoms with Gasteiger partial charge in [-0.2, -0.15) is 5.10 Å². The first-order valence-corrected chi connectivity index (χ1v) is 8.54. The number of nitrogens with zero attached hydrogens (tertiary/aromatic N) is 1. The molecule has 0 fully saturated rings. The molecule has 1 amide bonds. The Morgan fingerprint density at radius 2 is 1.63 bits per heavy atom. The van der Waals surface area contributed by atoms with Gasteiger partial charge in [-0.15, -0.1) is 0 Å². The molecular formula is C22H20N2O3. The van der Waals surface area contributed by atoms with Crippen LogP contribution in [0.15, 0.2) is 84.0 Å². The van der Waals surface area contributed by atoms with Crippen molar-refractivity contribution in [3.63, 3.8) is 0 Å². The zero-order valence-corrected chi connectivity index (χ0v) is 14.9. The number of carbonyl (C=O) groups is 1. The van der Waals surface area contributed by atoms with Crippen molar-refractivity contribution in [2.24, 2.45) is 5.10 Å². The molecule has 5 heteroatoms. The van der Waals surface area contributed by atoms with Crippen LogP contribution in [0.25, 0.3) is 11.1 Å². The van der Waals surface area contributed by atoms with Gasteiger partial charge in [0.1, 0.15) is 11.5 Å². The average Bonchev–Trinajstić information content (AvgIpc) is 2.71. The fourth-order valence-corrected chi connectivity index (χ4v) is 2.61. The molecule has 2 N–H and O–H groups in total. The number of hydrogen-bond acceptors (Lipinski definition) is 4. The van der Waals surface area contributed by atoms with E-state index in [2.05, 4.69) is 10.5 Å². The maximum absolute atomic E-state index is 12.1. The molecule has 5 nitrogen and oxygen atoms in total. The summed E-state index contributed by atoms with van der Waals surface area (Å²) in [6, 6.07) is 24.2. The third-order valence-electron chi connectivity index (χ3n) is 3.97. The molecule has 0 unspecified atom stereocenters. The number of rotatable bonds is 6. The zero-order chi connectivity index (χ0) is 19.1. The molecule has 0 saturated heterocycles. The van der Waals surface area contributed by atoms with Gasteiger partial charge in [-0.25, -0.2) is 5.43 Å². The van der Waals surface area contributed by atoms with E-state index in [0.29, 0.717) is 17.0 Å². The van der Waals surface area contributed by atoms with Crippen LogP contribution in [0.3, 0.4) is 0 Å². The second-order valence-corrected chi connectivity index (χ2v) is 5.90. The van der Waals surface area contributed by atoms with Crippen LogP contribution in [-0.2, 0) is 4.79 Å². The number of carbonyl (C=O) groups excluding carboxylic acids is 1. The lowest BCUT2D eigenvalue weighted by Gasteiger charge is -2.11. The van der Waals surface area contributed by atoms with Crippen molar-refractivity contribution < 1.29 is 14.6 Å². The molecule has 27 heavy (non-hydrogen) atoms. The lowest BCUT2D eigenvalue weighted by Crippen LogP contribution is -2.25. The highest BCUT2D eigenvalue weighted by Gasteiger charge is 2.09. The van der Waals surface area contributed by atoms with Gasteiger partial charge in [-0.05, 0) is 30.7 Å². The van der Waals surface area contributed by atoms with Gasteiger partial charge in [0.05, 0.1) is 5.71 Å². The number of phenolic OH excluding ortho intramolecular Hbond substituents is 1. The Hall–Kier alpha value is -3.60. The van der Waals surface area contributed by atoms with E-state index in [1.54, 1.807) is 31.2 Å². The van der Waals surface area contributed by atoms with Crippen LogP contribution in [0.1, 0.15) is 12.5 Å². The molecule has 3 aromatic carbocycles. The first-order valence-electron chi connectivity index (χ1n) is 8.54. The first kappa shape index (κ1) is 18.2. The van der Waals surface area contributed by atoms with Gasteiger partial charge < -0.3 is 9.84 Å². The monoisotopic (exact) mass is 360 g/mol. The summed E-state index contributed by atoms with van der Waals surface area (Å²) < 4.78 is 5.68. The second kappa shape index (κ2) is 8.67. The maximum Gasteiger partial charge on any atom is 0.277 e. The van der Waals surface area contributed by atoms with Gasteiger partial charge in [0.15, 0.2) is 6.61 Å². The molecule has 0 spiro atoms. The lowest BCUT2D eigenvalue weighted by atomic mass is 10.1. The standard InChI is InChI=1S/C22H20N2O3/c1-16(18-11-5-7-13-20(18)25)23-24-22(26)15-27-21-14-8-6-12-19(21)17-9-3-2-4-10-17/h2-14,25H,15H2,1H3,(H,24,26)/b23-16+. The van der Waals surface area contributed by atoms with Gasteiger partial charge in [0, 0.05) is 11.1 Å². The van der Waals surface area contributed by atoms with Crippen LogP contribution in [0.5, 0.6) is 11.5 Å². The fraction of sp³-hybridized carbons (Fsp3) is 0.0909. The summed E-state index contributed by atoms with van der Waals surface area (Å²) in [5.74, 6) is 0.355. The summed E-state index contributed by atoms with van der Waals surface area (Å²) in [5.41, 5.74) is 5.45. The second-order valence-electron chi connectivity index (χ2n) is 5.90. The summed E-state index contributed by atoms with van der Waals surface area (Å²) in [6.45, 7) is 1.54. The molecule has 0 bridgehead atoms. The van der Waals surface area contributed by atoms with Crippen molar-refractivity contribution in [1.82, 2.24) is 5.43 Å². The van der Waals surface area contributed by atoms with Crippen molar-refractivity contribution in [1.29, 1.82) is 0 Å².